The molecule has 0 saturated carbocycles. The van der Waals surface area contributed by atoms with E-state index < -0.39 is 0 Å². The summed E-state index contributed by atoms with van der Waals surface area (Å²) in [6.07, 6.45) is 1.59. The van der Waals surface area contributed by atoms with Crippen LogP contribution in [0, 0.1) is 0 Å². The van der Waals surface area contributed by atoms with E-state index >= 15 is 0 Å². The number of ether oxygens (including phenoxy) is 4. The molecule has 0 saturated heterocycles. The van der Waals surface area contributed by atoms with Gasteiger partial charge < -0.3 is 28.6 Å². The molecule has 0 atom stereocenters. The van der Waals surface area contributed by atoms with Crippen molar-refractivity contribution < 1.29 is 28.6 Å². The highest BCUT2D eigenvalue weighted by Gasteiger charge is 2.19. The van der Waals surface area contributed by atoms with Crippen LogP contribution in [0.25, 0.3) is 22.5 Å². The normalized spacial score (nSPS) is 10.5. The number of benzene rings is 2. The summed E-state index contributed by atoms with van der Waals surface area (Å²) < 4.78 is 26.6. The number of nitrogens with zero attached hydrogens (tertiary/aromatic N) is 1. The molecule has 26 heavy (non-hydrogen) atoms. The van der Waals surface area contributed by atoms with Gasteiger partial charge in [-0.05, 0) is 35.9 Å². The molecule has 0 aliphatic heterocycles. The number of phenolic OH excluding ortho intramolecular Hbond substituents is 1. The van der Waals surface area contributed by atoms with E-state index in [1.807, 2.05) is 0 Å². The predicted molar refractivity (Wildman–Crippen MR) is 95.2 cm³/mol. The summed E-state index contributed by atoms with van der Waals surface area (Å²) in [4.78, 5) is 0. The highest BCUT2D eigenvalue weighted by molar-refractivity contribution is 5.82. The molecular weight excluding hydrogens is 338 g/mol. The number of rotatable bonds is 6. The highest BCUT2D eigenvalue weighted by atomic mass is 16.5. The van der Waals surface area contributed by atoms with Crippen LogP contribution < -0.4 is 18.9 Å². The van der Waals surface area contributed by atoms with Gasteiger partial charge in [-0.15, -0.1) is 0 Å². The third-order valence-electron chi connectivity index (χ3n) is 3.99. The SMILES string of the molecule is COc1ccc(-c2oncc2-c2cc(OC)c(OC)c(OC)c2)cc1O. The van der Waals surface area contributed by atoms with Gasteiger partial charge >= 0.3 is 0 Å². The number of hydrogen-bond acceptors (Lipinski definition) is 7. The fourth-order valence-electron chi connectivity index (χ4n) is 2.72. The standard InChI is InChI=1S/C19H19NO6/c1-22-15-6-5-11(7-14(15)21)18-13(10-20-26-18)12-8-16(23-2)19(25-4)17(9-12)24-3/h5-10,21H,1-4H3. The van der Waals surface area contributed by atoms with Crippen LogP contribution in [0.3, 0.4) is 0 Å². The molecule has 0 amide bonds. The molecule has 0 radical (unpaired) electrons. The van der Waals surface area contributed by atoms with Gasteiger partial charge in [0.05, 0.1) is 34.6 Å². The molecule has 0 fully saturated rings. The van der Waals surface area contributed by atoms with Crippen molar-refractivity contribution in [3.05, 3.63) is 36.5 Å². The zero-order valence-corrected chi connectivity index (χ0v) is 14.9. The highest BCUT2D eigenvalue weighted by Crippen LogP contribution is 2.44. The molecule has 7 heteroatoms. The van der Waals surface area contributed by atoms with Crippen LogP contribution in [0.2, 0.25) is 0 Å². The molecule has 1 heterocycles. The molecule has 136 valence electrons. The largest absolute Gasteiger partial charge is 0.504 e. The van der Waals surface area contributed by atoms with E-state index in [-0.39, 0.29) is 5.75 Å². The molecule has 1 N–H and O–H groups in total. The zero-order valence-electron chi connectivity index (χ0n) is 14.9. The van der Waals surface area contributed by atoms with Crippen LogP contribution in [0.4, 0.5) is 0 Å². The third-order valence-corrected chi connectivity index (χ3v) is 3.99. The maximum Gasteiger partial charge on any atom is 0.203 e. The van der Waals surface area contributed by atoms with Gasteiger partial charge in [0.1, 0.15) is 0 Å². The summed E-state index contributed by atoms with van der Waals surface area (Å²) in [6.45, 7) is 0. The Bertz CT molecular complexity index is 893. The Kier molecular flexibility index (Phi) is 4.88. The maximum absolute atomic E-state index is 10.0. The molecule has 2 aromatic carbocycles. The van der Waals surface area contributed by atoms with Gasteiger partial charge in [-0.25, -0.2) is 0 Å². The van der Waals surface area contributed by atoms with Crippen molar-refractivity contribution in [2.24, 2.45) is 0 Å². The van der Waals surface area contributed by atoms with Crippen molar-refractivity contribution in [1.82, 2.24) is 5.16 Å². The lowest BCUT2D eigenvalue weighted by Gasteiger charge is -2.14. The first kappa shape index (κ1) is 17.5. The molecule has 0 spiro atoms. The van der Waals surface area contributed by atoms with E-state index in [4.69, 9.17) is 23.5 Å². The van der Waals surface area contributed by atoms with E-state index in [1.165, 1.54) is 7.11 Å². The average molecular weight is 357 g/mol. The van der Waals surface area contributed by atoms with Crippen molar-refractivity contribution in [2.45, 2.75) is 0 Å². The van der Waals surface area contributed by atoms with Gasteiger partial charge in [0.25, 0.3) is 0 Å². The number of phenols is 1. The Hall–Kier alpha value is -3.35. The molecule has 0 aliphatic carbocycles. The average Bonchev–Trinajstić information content (AvgIpc) is 3.16. The van der Waals surface area contributed by atoms with E-state index in [0.29, 0.717) is 39.9 Å². The minimum absolute atomic E-state index is 0.0113. The maximum atomic E-state index is 10.0. The Morgan fingerprint density at radius 1 is 0.808 bits per heavy atom. The molecular formula is C19H19NO6. The molecule has 0 aliphatic rings. The molecule has 0 bridgehead atoms. The van der Waals surface area contributed by atoms with Crippen molar-refractivity contribution in [3.8, 4) is 51.2 Å². The Morgan fingerprint density at radius 2 is 1.46 bits per heavy atom. The second-order valence-electron chi connectivity index (χ2n) is 5.37. The van der Waals surface area contributed by atoms with Crippen LogP contribution in [0.5, 0.6) is 28.7 Å². The van der Waals surface area contributed by atoms with E-state index in [2.05, 4.69) is 5.16 Å². The summed E-state index contributed by atoms with van der Waals surface area (Å²) in [5, 5.41) is 13.9. The Morgan fingerprint density at radius 3 is 2.00 bits per heavy atom. The van der Waals surface area contributed by atoms with Gasteiger partial charge in [0, 0.05) is 11.1 Å². The van der Waals surface area contributed by atoms with Gasteiger partial charge in [0.2, 0.25) is 5.75 Å². The van der Waals surface area contributed by atoms with Crippen molar-refractivity contribution in [1.29, 1.82) is 0 Å². The summed E-state index contributed by atoms with van der Waals surface area (Å²) >= 11 is 0. The molecule has 1 aromatic heterocycles. The van der Waals surface area contributed by atoms with Gasteiger partial charge in [0.15, 0.2) is 28.8 Å². The van der Waals surface area contributed by atoms with Crippen LogP contribution in [-0.2, 0) is 0 Å². The number of aromatic nitrogens is 1. The van der Waals surface area contributed by atoms with E-state index in [1.54, 1.807) is 57.9 Å². The molecule has 0 unspecified atom stereocenters. The fraction of sp³-hybridized carbons (Fsp3) is 0.211. The molecule has 3 rings (SSSR count). The minimum atomic E-state index is 0.0113. The second kappa shape index (κ2) is 7.26. The Labute approximate surface area is 150 Å². The lowest BCUT2D eigenvalue weighted by molar-refractivity contribution is 0.324. The van der Waals surface area contributed by atoms with Crippen LogP contribution in [0.15, 0.2) is 41.1 Å². The van der Waals surface area contributed by atoms with Crippen LogP contribution >= 0.6 is 0 Å². The summed E-state index contributed by atoms with van der Waals surface area (Å²) in [6, 6.07) is 8.61. The number of hydrogen-bond donors (Lipinski definition) is 1. The van der Waals surface area contributed by atoms with Gasteiger partial charge in [-0.2, -0.15) is 0 Å². The Balaban J connectivity index is 2.13. The first-order valence-corrected chi connectivity index (χ1v) is 7.75. The van der Waals surface area contributed by atoms with E-state index in [0.717, 1.165) is 5.56 Å². The number of aromatic hydroxyl groups is 1. The van der Waals surface area contributed by atoms with Crippen molar-refractivity contribution in [3.63, 3.8) is 0 Å². The first-order valence-electron chi connectivity index (χ1n) is 7.75. The summed E-state index contributed by atoms with van der Waals surface area (Å²) in [5.41, 5.74) is 2.14. The van der Waals surface area contributed by atoms with Crippen molar-refractivity contribution >= 4 is 0 Å². The lowest BCUT2D eigenvalue weighted by Crippen LogP contribution is -1.95. The zero-order chi connectivity index (χ0) is 18.7. The summed E-state index contributed by atoms with van der Waals surface area (Å²) in [7, 11) is 6.14. The quantitative estimate of drug-likeness (QED) is 0.719. The third kappa shape index (κ3) is 2.99. The predicted octanol–water partition coefficient (Wildman–Crippen LogP) is 3.75. The molecule has 3 aromatic rings. The van der Waals surface area contributed by atoms with Crippen LogP contribution in [-0.4, -0.2) is 38.7 Å². The monoisotopic (exact) mass is 357 g/mol. The minimum Gasteiger partial charge on any atom is -0.504 e. The lowest BCUT2D eigenvalue weighted by atomic mass is 10.0. The van der Waals surface area contributed by atoms with Crippen LogP contribution in [0.1, 0.15) is 0 Å². The van der Waals surface area contributed by atoms with E-state index in [9.17, 15) is 5.11 Å². The smallest absolute Gasteiger partial charge is 0.203 e. The van der Waals surface area contributed by atoms with Gasteiger partial charge in [-0.3, -0.25) is 0 Å². The first-order chi connectivity index (χ1) is 12.6. The van der Waals surface area contributed by atoms with Crippen molar-refractivity contribution in [2.75, 3.05) is 28.4 Å². The summed E-state index contributed by atoms with van der Waals surface area (Å²) in [5.74, 6) is 2.43. The molecule has 7 nitrogen and oxygen atoms in total. The fourth-order valence-corrected chi connectivity index (χ4v) is 2.72. The van der Waals surface area contributed by atoms with Gasteiger partial charge in [-0.1, -0.05) is 5.16 Å². The number of methoxy groups -OCH3 is 4. The second-order valence-corrected chi connectivity index (χ2v) is 5.37. The topological polar surface area (TPSA) is 83.2 Å².